The Morgan fingerprint density at radius 1 is 0.867 bits per heavy atom. The first-order valence-corrected chi connectivity index (χ1v) is 10.2. The second-order valence-corrected chi connectivity index (χ2v) is 7.73. The third kappa shape index (κ3) is 2.94. The maximum atomic E-state index is 5.44. The molecule has 2 heterocycles. The van der Waals surface area contributed by atoms with Crippen molar-refractivity contribution in [2.24, 2.45) is 0 Å². The molecule has 0 aliphatic carbocycles. The average molecular weight is 393 g/mol. The van der Waals surface area contributed by atoms with Gasteiger partial charge in [-0.15, -0.1) is 0 Å². The summed E-state index contributed by atoms with van der Waals surface area (Å²) in [5, 5.41) is 3.71. The van der Waals surface area contributed by atoms with Crippen molar-refractivity contribution >= 4 is 21.7 Å². The molecular weight excluding hydrogens is 368 g/mol. The molecule has 3 heteroatoms. The molecule has 0 radical (unpaired) electrons. The molecule has 0 N–H and O–H groups in total. The molecular formula is C27H24N2O. The predicted molar refractivity (Wildman–Crippen MR) is 124 cm³/mol. The maximum Gasteiger partial charge on any atom is 0.119 e. The minimum absolute atomic E-state index is 0.775. The highest BCUT2D eigenvalue weighted by atomic mass is 16.5. The van der Waals surface area contributed by atoms with Crippen LogP contribution in [0.4, 0.5) is 0 Å². The Morgan fingerprint density at radius 3 is 2.53 bits per heavy atom. The van der Waals surface area contributed by atoms with E-state index in [2.05, 4.69) is 79.1 Å². The van der Waals surface area contributed by atoms with E-state index in [4.69, 9.17) is 9.72 Å². The van der Waals surface area contributed by atoms with Crippen LogP contribution >= 0.6 is 0 Å². The van der Waals surface area contributed by atoms with Crippen LogP contribution in [0, 0.1) is 13.8 Å². The molecule has 3 nitrogen and oxygen atoms in total. The highest BCUT2D eigenvalue weighted by Crippen LogP contribution is 2.36. The van der Waals surface area contributed by atoms with Crippen LogP contribution in [0.1, 0.15) is 16.8 Å². The Kier molecular flexibility index (Phi) is 4.51. The quantitative estimate of drug-likeness (QED) is 0.348. The molecule has 0 saturated heterocycles. The van der Waals surface area contributed by atoms with Crippen molar-refractivity contribution in [1.29, 1.82) is 0 Å². The molecule has 0 atom stereocenters. The lowest BCUT2D eigenvalue weighted by Gasteiger charge is -2.13. The van der Waals surface area contributed by atoms with Gasteiger partial charge in [0.2, 0.25) is 0 Å². The highest BCUT2D eigenvalue weighted by Gasteiger charge is 2.18. The van der Waals surface area contributed by atoms with E-state index in [0.717, 1.165) is 18.0 Å². The number of hydrogen-bond acceptors (Lipinski definition) is 2. The fraction of sp³-hybridized carbons (Fsp3) is 0.148. The number of aromatic nitrogens is 2. The van der Waals surface area contributed by atoms with Crippen LogP contribution in [0.3, 0.4) is 0 Å². The van der Waals surface area contributed by atoms with E-state index in [9.17, 15) is 0 Å². The van der Waals surface area contributed by atoms with E-state index in [1.54, 1.807) is 7.11 Å². The molecule has 0 bridgehead atoms. The van der Waals surface area contributed by atoms with Crippen molar-refractivity contribution in [2.75, 3.05) is 7.11 Å². The summed E-state index contributed by atoms with van der Waals surface area (Å²) in [5.74, 6) is 0.880. The first-order valence-electron chi connectivity index (χ1n) is 10.2. The fourth-order valence-electron chi connectivity index (χ4n) is 4.37. The topological polar surface area (TPSA) is 27.1 Å². The van der Waals surface area contributed by atoms with Gasteiger partial charge in [-0.25, -0.2) is 0 Å². The third-order valence-corrected chi connectivity index (χ3v) is 6.07. The van der Waals surface area contributed by atoms with Crippen molar-refractivity contribution in [3.63, 3.8) is 0 Å². The molecule has 30 heavy (non-hydrogen) atoms. The fourth-order valence-corrected chi connectivity index (χ4v) is 4.37. The average Bonchev–Trinajstić information content (AvgIpc) is 3.04. The van der Waals surface area contributed by atoms with Gasteiger partial charge >= 0.3 is 0 Å². The van der Waals surface area contributed by atoms with Crippen LogP contribution in [0.5, 0.6) is 5.75 Å². The van der Waals surface area contributed by atoms with Gasteiger partial charge in [0.15, 0.2) is 0 Å². The second kappa shape index (κ2) is 7.34. The molecule has 3 aromatic carbocycles. The van der Waals surface area contributed by atoms with E-state index in [1.807, 2.05) is 18.3 Å². The van der Waals surface area contributed by atoms with E-state index in [1.165, 1.54) is 44.1 Å². The van der Waals surface area contributed by atoms with Crippen molar-refractivity contribution in [3.8, 4) is 17.0 Å². The standard InChI is InChI=1S/C27H24N2O/c1-18-19(2)29(17-20-8-6-11-22(16-20)30-3)27-23(18)14-15-28-26(27)25-13-7-10-21-9-4-5-12-24(21)25/h4-16H,17H2,1-3H3. The summed E-state index contributed by atoms with van der Waals surface area (Å²) in [7, 11) is 1.71. The number of pyridine rings is 1. The van der Waals surface area contributed by atoms with Crippen LogP contribution in [-0.4, -0.2) is 16.7 Å². The zero-order valence-electron chi connectivity index (χ0n) is 17.5. The molecule has 5 aromatic rings. The largest absolute Gasteiger partial charge is 0.497 e. The van der Waals surface area contributed by atoms with Gasteiger partial charge in [-0.1, -0.05) is 54.6 Å². The smallest absolute Gasteiger partial charge is 0.119 e. The molecule has 0 fully saturated rings. The van der Waals surface area contributed by atoms with Gasteiger partial charge in [0, 0.05) is 29.4 Å². The molecule has 5 rings (SSSR count). The predicted octanol–water partition coefficient (Wildman–Crippen LogP) is 6.53. The Balaban J connectivity index is 1.77. The van der Waals surface area contributed by atoms with E-state index >= 15 is 0 Å². The van der Waals surface area contributed by atoms with Gasteiger partial charge < -0.3 is 9.30 Å². The van der Waals surface area contributed by atoms with E-state index in [0.29, 0.717) is 0 Å². The summed E-state index contributed by atoms with van der Waals surface area (Å²) < 4.78 is 7.83. The molecule has 0 spiro atoms. The molecule has 148 valence electrons. The normalized spacial score (nSPS) is 11.3. The molecule has 2 aromatic heterocycles. The summed E-state index contributed by atoms with van der Waals surface area (Å²) in [4.78, 5) is 4.87. The van der Waals surface area contributed by atoms with Crippen LogP contribution < -0.4 is 4.74 Å². The van der Waals surface area contributed by atoms with Crippen LogP contribution in [0.2, 0.25) is 0 Å². The number of ether oxygens (including phenoxy) is 1. The number of hydrogen-bond donors (Lipinski definition) is 0. The summed E-state index contributed by atoms with van der Waals surface area (Å²) in [6, 6.07) is 25.4. The Bertz CT molecular complexity index is 1380. The Labute approximate surface area is 176 Å². The van der Waals surface area contributed by atoms with Gasteiger partial charge in [0.1, 0.15) is 5.75 Å². The van der Waals surface area contributed by atoms with E-state index < -0.39 is 0 Å². The lowest BCUT2D eigenvalue weighted by Crippen LogP contribution is -2.04. The van der Waals surface area contributed by atoms with Gasteiger partial charge in [-0.05, 0) is 53.9 Å². The van der Waals surface area contributed by atoms with Gasteiger partial charge in [-0.2, -0.15) is 0 Å². The maximum absolute atomic E-state index is 5.44. The minimum atomic E-state index is 0.775. The summed E-state index contributed by atoms with van der Waals surface area (Å²) in [5.41, 5.74) is 7.17. The number of aryl methyl sites for hydroxylation is 1. The lowest BCUT2D eigenvalue weighted by atomic mass is 10.0. The summed E-state index contributed by atoms with van der Waals surface area (Å²) in [6.07, 6.45) is 1.93. The van der Waals surface area contributed by atoms with Gasteiger partial charge in [0.25, 0.3) is 0 Å². The molecule has 0 aliphatic heterocycles. The number of rotatable bonds is 4. The van der Waals surface area contributed by atoms with Crippen molar-refractivity contribution < 1.29 is 4.74 Å². The summed E-state index contributed by atoms with van der Waals surface area (Å²) in [6.45, 7) is 5.17. The van der Waals surface area contributed by atoms with Gasteiger partial charge in [0.05, 0.1) is 18.3 Å². The minimum Gasteiger partial charge on any atom is -0.497 e. The monoisotopic (exact) mass is 392 g/mol. The number of methoxy groups -OCH3 is 1. The van der Waals surface area contributed by atoms with Crippen molar-refractivity contribution in [1.82, 2.24) is 9.55 Å². The van der Waals surface area contributed by atoms with Crippen LogP contribution in [-0.2, 0) is 6.54 Å². The molecule has 0 aliphatic rings. The first-order chi connectivity index (χ1) is 14.7. The third-order valence-electron chi connectivity index (χ3n) is 6.07. The SMILES string of the molecule is COc1cccc(Cn2c(C)c(C)c3ccnc(-c4cccc5ccccc45)c32)c1. The van der Waals surface area contributed by atoms with Crippen LogP contribution in [0.25, 0.3) is 32.9 Å². The van der Waals surface area contributed by atoms with Crippen molar-refractivity contribution in [3.05, 3.63) is 95.8 Å². The zero-order chi connectivity index (χ0) is 20.7. The molecule has 0 saturated carbocycles. The van der Waals surface area contributed by atoms with Crippen molar-refractivity contribution in [2.45, 2.75) is 20.4 Å². The highest BCUT2D eigenvalue weighted by molar-refractivity contribution is 6.04. The number of fused-ring (bicyclic) bond motifs is 2. The van der Waals surface area contributed by atoms with Gasteiger partial charge in [-0.3, -0.25) is 4.98 Å². The van der Waals surface area contributed by atoms with E-state index in [-0.39, 0.29) is 0 Å². The summed E-state index contributed by atoms with van der Waals surface area (Å²) >= 11 is 0. The second-order valence-electron chi connectivity index (χ2n) is 7.73. The molecule has 0 unspecified atom stereocenters. The first kappa shape index (κ1) is 18.4. The molecule has 0 amide bonds. The van der Waals surface area contributed by atoms with Crippen LogP contribution in [0.15, 0.2) is 79.0 Å². The lowest BCUT2D eigenvalue weighted by molar-refractivity contribution is 0.414. The zero-order valence-corrected chi connectivity index (χ0v) is 17.5. The Morgan fingerprint density at radius 2 is 1.67 bits per heavy atom. The number of benzene rings is 3. The Hall–Kier alpha value is -3.59. The number of nitrogens with zero attached hydrogens (tertiary/aromatic N) is 2.